The van der Waals surface area contributed by atoms with Gasteiger partial charge in [0.05, 0.1) is 7.11 Å². The Labute approximate surface area is 119 Å². The van der Waals surface area contributed by atoms with E-state index in [1.165, 1.54) is 0 Å². The van der Waals surface area contributed by atoms with E-state index in [9.17, 15) is 19.2 Å². The highest BCUT2D eigenvalue weighted by Gasteiger charge is 2.33. The first-order chi connectivity index (χ1) is 9.69. The third-order valence-electron chi connectivity index (χ3n) is 1.82. The Morgan fingerprint density at radius 3 is 2.14 bits per heavy atom. The molecule has 0 radical (unpaired) electrons. The summed E-state index contributed by atoms with van der Waals surface area (Å²) >= 11 is 0. The first-order valence-electron chi connectivity index (χ1n) is 5.50. The lowest BCUT2D eigenvalue weighted by Gasteiger charge is -2.18. The van der Waals surface area contributed by atoms with Gasteiger partial charge in [-0.3, -0.25) is 5.73 Å². The van der Waals surface area contributed by atoms with Gasteiger partial charge in [0.1, 0.15) is 13.2 Å². The first kappa shape index (κ1) is 18.4. The van der Waals surface area contributed by atoms with Crippen LogP contribution in [0, 0.1) is 0 Å². The molecule has 0 heterocycles. The average Bonchev–Trinajstić information content (AvgIpc) is 2.40. The van der Waals surface area contributed by atoms with Crippen LogP contribution < -0.4 is 5.73 Å². The fraction of sp³-hybridized carbons (Fsp3) is 0.455. The molecule has 10 nitrogen and oxygen atoms in total. The number of carboxylic acids is 1. The fourth-order valence-electron chi connectivity index (χ4n) is 0.766. The number of esters is 2. The third kappa shape index (κ3) is 8.21. The predicted molar refractivity (Wildman–Crippen MR) is 64.8 cm³/mol. The normalized spacial score (nSPS) is 13.1. The summed E-state index contributed by atoms with van der Waals surface area (Å²) < 4.78 is 17.5. The van der Waals surface area contributed by atoms with Crippen molar-refractivity contribution in [1.29, 1.82) is 0 Å². The van der Waals surface area contributed by atoms with Gasteiger partial charge in [0.2, 0.25) is 0 Å². The molecule has 0 spiro atoms. The molecule has 118 valence electrons. The van der Waals surface area contributed by atoms with E-state index in [4.69, 9.17) is 10.8 Å². The molecule has 0 aliphatic heterocycles. The Bertz CT molecular complexity index is 441. The molecule has 0 fully saturated rings. The number of ether oxygens (including phenoxy) is 4. The number of carbonyl (C=O) groups excluding carboxylic acids is 3. The van der Waals surface area contributed by atoms with E-state index in [-0.39, 0.29) is 13.2 Å². The Balaban J connectivity index is 3.93. The van der Waals surface area contributed by atoms with Crippen molar-refractivity contribution in [2.75, 3.05) is 20.3 Å². The molecule has 21 heavy (non-hydrogen) atoms. The van der Waals surface area contributed by atoms with E-state index in [0.717, 1.165) is 26.2 Å². The second-order valence-electron chi connectivity index (χ2n) is 3.64. The highest BCUT2D eigenvalue weighted by atomic mass is 16.7. The van der Waals surface area contributed by atoms with Crippen LogP contribution in [0.1, 0.15) is 6.92 Å². The minimum absolute atomic E-state index is 0.326. The number of carboxylic acid groups (broad SMARTS) is 1. The maximum Gasteiger partial charge on any atom is 0.510 e. The predicted octanol–water partition coefficient (Wildman–Crippen LogP) is -0.828. The van der Waals surface area contributed by atoms with Gasteiger partial charge in [0.15, 0.2) is 0 Å². The van der Waals surface area contributed by atoms with Gasteiger partial charge in [-0.15, -0.1) is 0 Å². The maximum absolute atomic E-state index is 11.1. The quantitative estimate of drug-likeness (QED) is 0.200. The van der Waals surface area contributed by atoms with Gasteiger partial charge in [-0.05, 0) is 0 Å². The van der Waals surface area contributed by atoms with E-state index < -0.39 is 29.8 Å². The minimum Gasteiger partial charge on any atom is -0.477 e. The van der Waals surface area contributed by atoms with Crippen LogP contribution in [-0.4, -0.2) is 55.2 Å². The molecule has 1 atom stereocenters. The molecule has 0 bridgehead atoms. The van der Waals surface area contributed by atoms with Crippen molar-refractivity contribution in [1.82, 2.24) is 0 Å². The van der Waals surface area contributed by atoms with E-state index in [1.807, 2.05) is 0 Å². The van der Waals surface area contributed by atoms with Crippen molar-refractivity contribution in [2.45, 2.75) is 12.6 Å². The van der Waals surface area contributed by atoms with Crippen LogP contribution in [0.4, 0.5) is 4.79 Å². The SMILES string of the molecule is COC(=O)/C=C/C(=O)OCCOC(=O)O[C@](C)(N)C(=O)O. The number of hydrogen-bond donors (Lipinski definition) is 2. The lowest BCUT2D eigenvalue weighted by atomic mass is 10.3. The molecule has 10 heteroatoms. The molecular weight excluding hydrogens is 290 g/mol. The van der Waals surface area contributed by atoms with Crippen molar-refractivity contribution in [3.63, 3.8) is 0 Å². The van der Waals surface area contributed by atoms with Gasteiger partial charge in [-0.2, -0.15) is 0 Å². The Morgan fingerprint density at radius 2 is 1.62 bits per heavy atom. The zero-order valence-electron chi connectivity index (χ0n) is 11.4. The molecule has 0 aromatic rings. The number of carbonyl (C=O) groups is 4. The third-order valence-corrected chi connectivity index (χ3v) is 1.82. The van der Waals surface area contributed by atoms with Crippen molar-refractivity contribution < 1.29 is 43.2 Å². The number of aliphatic carboxylic acids is 1. The zero-order valence-corrected chi connectivity index (χ0v) is 11.4. The van der Waals surface area contributed by atoms with E-state index in [2.05, 4.69) is 18.9 Å². The fourth-order valence-corrected chi connectivity index (χ4v) is 0.766. The summed E-state index contributed by atoms with van der Waals surface area (Å²) in [6.45, 7) is 0.244. The summed E-state index contributed by atoms with van der Waals surface area (Å²) in [7, 11) is 1.14. The molecular formula is C11H15NO9. The summed E-state index contributed by atoms with van der Waals surface area (Å²) in [6.07, 6.45) is 0.346. The van der Waals surface area contributed by atoms with E-state index >= 15 is 0 Å². The van der Waals surface area contributed by atoms with E-state index in [0.29, 0.717) is 0 Å². The van der Waals surface area contributed by atoms with Crippen LogP contribution in [0.3, 0.4) is 0 Å². The van der Waals surface area contributed by atoms with Gasteiger partial charge in [0.25, 0.3) is 5.72 Å². The van der Waals surface area contributed by atoms with Gasteiger partial charge in [-0.25, -0.2) is 19.2 Å². The second-order valence-corrected chi connectivity index (χ2v) is 3.64. The lowest BCUT2D eigenvalue weighted by Crippen LogP contribution is -2.49. The van der Waals surface area contributed by atoms with Gasteiger partial charge in [0, 0.05) is 19.1 Å². The Morgan fingerprint density at radius 1 is 1.10 bits per heavy atom. The molecule has 3 N–H and O–H groups in total. The van der Waals surface area contributed by atoms with Crippen LogP contribution in [0.15, 0.2) is 12.2 Å². The van der Waals surface area contributed by atoms with Crippen LogP contribution in [0.2, 0.25) is 0 Å². The Hall–Kier alpha value is -2.62. The smallest absolute Gasteiger partial charge is 0.477 e. The second kappa shape index (κ2) is 8.53. The summed E-state index contributed by atoms with van der Waals surface area (Å²) in [5.41, 5.74) is 2.91. The molecule has 0 aromatic carbocycles. The minimum atomic E-state index is -2.23. The van der Waals surface area contributed by atoms with E-state index in [1.54, 1.807) is 0 Å². The highest BCUT2D eigenvalue weighted by Crippen LogP contribution is 2.03. The molecule has 0 amide bonds. The molecule has 0 unspecified atom stereocenters. The standard InChI is InChI=1S/C11H15NO9/c1-11(12,9(15)16)21-10(17)20-6-5-19-8(14)4-3-7(13)18-2/h3-4H,5-6,12H2,1-2H3,(H,15,16)/b4-3+/t11-/m0/s1. The van der Waals surface area contributed by atoms with Crippen molar-refractivity contribution in [2.24, 2.45) is 5.73 Å². The summed E-state index contributed by atoms with van der Waals surface area (Å²) in [5.74, 6) is -3.15. The molecule has 0 aliphatic rings. The molecule has 0 aliphatic carbocycles. The van der Waals surface area contributed by atoms with Gasteiger partial charge < -0.3 is 24.1 Å². The molecule has 0 aromatic heterocycles. The number of nitrogens with two attached hydrogens (primary N) is 1. The largest absolute Gasteiger partial charge is 0.510 e. The highest BCUT2D eigenvalue weighted by molar-refractivity contribution is 5.91. The average molecular weight is 305 g/mol. The van der Waals surface area contributed by atoms with Crippen LogP contribution in [0.25, 0.3) is 0 Å². The summed E-state index contributed by atoms with van der Waals surface area (Å²) in [5, 5.41) is 8.59. The van der Waals surface area contributed by atoms with Crippen molar-refractivity contribution in [3.8, 4) is 0 Å². The van der Waals surface area contributed by atoms with Crippen LogP contribution >= 0.6 is 0 Å². The summed E-state index contributed by atoms with van der Waals surface area (Å²) in [6, 6.07) is 0. The Kier molecular flexibility index (Phi) is 7.47. The van der Waals surface area contributed by atoms with Crippen molar-refractivity contribution in [3.05, 3.63) is 12.2 Å². The molecule has 0 saturated carbocycles. The topological polar surface area (TPSA) is 151 Å². The maximum atomic E-state index is 11.1. The summed E-state index contributed by atoms with van der Waals surface area (Å²) in [4.78, 5) is 43.3. The van der Waals surface area contributed by atoms with Crippen LogP contribution in [-0.2, 0) is 33.3 Å². The number of hydrogen-bond acceptors (Lipinski definition) is 9. The monoisotopic (exact) mass is 305 g/mol. The molecule has 0 rings (SSSR count). The number of methoxy groups -OCH3 is 1. The lowest BCUT2D eigenvalue weighted by molar-refractivity contribution is -0.159. The van der Waals surface area contributed by atoms with Crippen molar-refractivity contribution >= 4 is 24.1 Å². The molecule has 0 saturated heterocycles. The zero-order chi connectivity index (χ0) is 16.5. The number of rotatable bonds is 7. The first-order valence-corrected chi connectivity index (χ1v) is 5.50. The van der Waals surface area contributed by atoms with Crippen LogP contribution in [0.5, 0.6) is 0 Å². The van der Waals surface area contributed by atoms with Gasteiger partial charge in [-0.1, -0.05) is 0 Å². The van der Waals surface area contributed by atoms with Gasteiger partial charge >= 0.3 is 24.1 Å².